The summed E-state index contributed by atoms with van der Waals surface area (Å²) in [4.78, 5) is 16.0. The third kappa shape index (κ3) is 2.89. The lowest BCUT2D eigenvalue weighted by Crippen LogP contribution is -2.13. The molecule has 0 saturated heterocycles. The van der Waals surface area contributed by atoms with Crippen molar-refractivity contribution in [2.75, 3.05) is 5.32 Å². The molecule has 0 spiro atoms. The first kappa shape index (κ1) is 13.1. The van der Waals surface area contributed by atoms with Crippen molar-refractivity contribution in [1.82, 2.24) is 4.98 Å². The fourth-order valence-corrected chi connectivity index (χ4v) is 2.17. The SMILES string of the molecule is Cc1cc(Br)ccc1C(=O)Nc1cnccc1Cl. The highest BCUT2D eigenvalue weighted by atomic mass is 79.9. The van der Waals surface area contributed by atoms with Crippen molar-refractivity contribution in [3.63, 3.8) is 0 Å². The molecule has 0 radical (unpaired) electrons. The van der Waals surface area contributed by atoms with Gasteiger partial charge in [-0.3, -0.25) is 9.78 Å². The van der Waals surface area contributed by atoms with Gasteiger partial charge in [-0.25, -0.2) is 0 Å². The molecule has 1 amide bonds. The van der Waals surface area contributed by atoms with E-state index in [0.717, 1.165) is 10.0 Å². The maximum absolute atomic E-state index is 12.1. The highest BCUT2D eigenvalue weighted by molar-refractivity contribution is 9.10. The highest BCUT2D eigenvalue weighted by Gasteiger charge is 2.11. The third-order valence-corrected chi connectivity index (χ3v) is 3.27. The number of benzene rings is 1. The molecule has 0 aliphatic carbocycles. The van der Waals surface area contributed by atoms with Crippen LogP contribution in [0.4, 0.5) is 5.69 Å². The van der Waals surface area contributed by atoms with Crippen LogP contribution in [-0.4, -0.2) is 10.9 Å². The predicted octanol–water partition coefficient (Wildman–Crippen LogP) is 4.06. The second kappa shape index (κ2) is 5.50. The Hall–Kier alpha value is -1.39. The standard InChI is InChI=1S/C13H10BrClN2O/c1-8-6-9(14)2-3-10(8)13(18)17-12-7-16-5-4-11(12)15/h2-7H,1H3,(H,17,18). The van der Waals surface area contributed by atoms with E-state index in [1.54, 1.807) is 18.3 Å². The summed E-state index contributed by atoms with van der Waals surface area (Å²) in [5.74, 6) is -0.199. The van der Waals surface area contributed by atoms with Crippen LogP contribution >= 0.6 is 27.5 Å². The molecule has 0 bridgehead atoms. The van der Waals surface area contributed by atoms with E-state index in [0.29, 0.717) is 16.3 Å². The van der Waals surface area contributed by atoms with E-state index >= 15 is 0 Å². The number of aryl methyl sites for hydroxylation is 1. The molecule has 0 saturated carbocycles. The van der Waals surface area contributed by atoms with E-state index in [-0.39, 0.29) is 5.91 Å². The number of pyridine rings is 1. The van der Waals surface area contributed by atoms with Crippen LogP contribution in [0.1, 0.15) is 15.9 Å². The number of carbonyl (C=O) groups excluding carboxylic acids is 1. The zero-order valence-corrected chi connectivity index (χ0v) is 11.9. The van der Waals surface area contributed by atoms with E-state index < -0.39 is 0 Å². The Labute approximate surface area is 118 Å². The first-order chi connectivity index (χ1) is 8.58. The largest absolute Gasteiger partial charge is 0.319 e. The molecular formula is C13H10BrClN2O. The van der Waals surface area contributed by atoms with Gasteiger partial charge in [0.15, 0.2) is 0 Å². The van der Waals surface area contributed by atoms with E-state index in [1.807, 2.05) is 19.1 Å². The van der Waals surface area contributed by atoms with Gasteiger partial charge in [-0.15, -0.1) is 0 Å². The van der Waals surface area contributed by atoms with Gasteiger partial charge in [0.2, 0.25) is 0 Å². The third-order valence-electron chi connectivity index (χ3n) is 2.45. The number of nitrogens with zero attached hydrogens (tertiary/aromatic N) is 1. The van der Waals surface area contributed by atoms with Crippen molar-refractivity contribution in [1.29, 1.82) is 0 Å². The lowest BCUT2D eigenvalue weighted by molar-refractivity contribution is 0.102. The lowest BCUT2D eigenvalue weighted by atomic mass is 10.1. The van der Waals surface area contributed by atoms with Crippen LogP contribution in [0.15, 0.2) is 41.1 Å². The lowest BCUT2D eigenvalue weighted by Gasteiger charge is -2.08. The Morgan fingerprint density at radius 3 is 2.83 bits per heavy atom. The Morgan fingerprint density at radius 1 is 1.39 bits per heavy atom. The summed E-state index contributed by atoms with van der Waals surface area (Å²) in [6, 6.07) is 7.11. The summed E-state index contributed by atoms with van der Waals surface area (Å²) >= 11 is 9.32. The van der Waals surface area contributed by atoms with Crippen molar-refractivity contribution in [3.8, 4) is 0 Å². The van der Waals surface area contributed by atoms with Crippen molar-refractivity contribution >= 4 is 39.1 Å². The number of hydrogen-bond donors (Lipinski definition) is 1. The second-order valence-corrected chi connectivity index (χ2v) is 5.09. The topological polar surface area (TPSA) is 42.0 Å². The van der Waals surface area contributed by atoms with Crippen molar-refractivity contribution in [2.24, 2.45) is 0 Å². The molecule has 5 heteroatoms. The molecule has 0 aliphatic heterocycles. The molecular weight excluding hydrogens is 316 g/mol. The van der Waals surface area contributed by atoms with Gasteiger partial charge in [0, 0.05) is 16.2 Å². The molecule has 92 valence electrons. The molecule has 1 aromatic heterocycles. The number of amides is 1. The number of anilines is 1. The van der Waals surface area contributed by atoms with Crippen LogP contribution in [0, 0.1) is 6.92 Å². The zero-order chi connectivity index (χ0) is 13.1. The molecule has 2 aromatic rings. The maximum Gasteiger partial charge on any atom is 0.256 e. The fraction of sp³-hybridized carbons (Fsp3) is 0.0769. The van der Waals surface area contributed by atoms with Crippen LogP contribution in [0.25, 0.3) is 0 Å². The van der Waals surface area contributed by atoms with Gasteiger partial charge in [0.05, 0.1) is 16.9 Å². The normalized spacial score (nSPS) is 10.2. The minimum absolute atomic E-state index is 0.199. The minimum atomic E-state index is -0.199. The van der Waals surface area contributed by atoms with Crippen LogP contribution in [0.2, 0.25) is 5.02 Å². The Bertz CT molecular complexity index is 601. The fourth-order valence-electron chi connectivity index (χ4n) is 1.54. The van der Waals surface area contributed by atoms with Gasteiger partial charge in [-0.1, -0.05) is 27.5 Å². The molecule has 3 nitrogen and oxygen atoms in total. The quantitative estimate of drug-likeness (QED) is 0.905. The summed E-state index contributed by atoms with van der Waals surface area (Å²) < 4.78 is 0.941. The monoisotopic (exact) mass is 324 g/mol. The Morgan fingerprint density at radius 2 is 2.17 bits per heavy atom. The minimum Gasteiger partial charge on any atom is -0.319 e. The van der Waals surface area contributed by atoms with Crippen molar-refractivity contribution < 1.29 is 4.79 Å². The zero-order valence-electron chi connectivity index (χ0n) is 9.58. The Balaban J connectivity index is 2.25. The molecule has 0 unspecified atom stereocenters. The molecule has 18 heavy (non-hydrogen) atoms. The van der Waals surface area contributed by atoms with Gasteiger partial charge >= 0.3 is 0 Å². The van der Waals surface area contributed by atoms with Gasteiger partial charge < -0.3 is 5.32 Å². The summed E-state index contributed by atoms with van der Waals surface area (Å²) in [7, 11) is 0. The number of nitrogens with one attached hydrogen (secondary N) is 1. The number of rotatable bonds is 2. The van der Waals surface area contributed by atoms with E-state index in [9.17, 15) is 4.79 Å². The predicted molar refractivity (Wildman–Crippen MR) is 76.1 cm³/mol. The summed E-state index contributed by atoms with van der Waals surface area (Å²) in [6.07, 6.45) is 3.09. The summed E-state index contributed by atoms with van der Waals surface area (Å²) in [6.45, 7) is 1.88. The molecule has 1 aromatic carbocycles. The van der Waals surface area contributed by atoms with Gasteiger partial charge in [0.25, 0.3) is 5.91 Å². The molecule has 1 heterocycles. The van der Waals surface area contributed by atoms with Crippen molar-refractivity contribution in [3.05, 3.63) is 57.3 Å². The van der Waals surface area contributed by atoms with E-state index in [4.69, 9.17) is 11.6 Å². The van der Waals surface area contributed by atoms with Gasteiger partial charge in [-0.2, -0.15) is 0 Å². The van der Waals surface area contributed by atoms with Gasteiger partial charge in [0.1, 0.15) is 0 Å². The number of halogens is 2. The van der Waals surface area contributed by atoms with Crippen molar-refractivity contribution in [2.45, 2.75) is 6.92 Å². The summed E-state index contributed by atoms with van der Waals surface area (Å²) in [5, 5.41) is 3.20. The molecule has 2 rings (SSSR count). The average molecular weight is 326 g/mol. The molecule has 0 atom stereocenters. The summed E-state index contributed by atoms with van der Waals surface area (Å²) in [5.41, 5.74) is 2.01. The Kier molecular flexibility index (Phi) is 3.99. The van der Waals surface area contributed by atoms with E-state index in [2.05, 4.69) is 26.2 Å². The maximum atomic E-state index is 12.1. The van der Waals surface area contributed by atoms with E-state index in [1.165, 1.54) is 6.20 Å². The number of carbonyl (C=O) groups is 1. The van der Waals surface area contributed by atoms with Crippen LogP contribution in [-0.2, 0) is 0 Å². The molecule has 0 aliphatic rings. The number of aromatic nitrogens is 1. The average Bonchev–Trinajstić information content (AvgIpc) is 2.32. The molecule has 1 N–H and O–H groups in total. The second-order valence-electron chi connectivity index (χ2n) is 3.77. The number of hydrogen-bond acceptors (Lipinski definition) is 2. The first-order valence-electron chi connectivity index (χ1n) is 5.25. The van der Waals surface area contributed by atoms with Gasteiger partial charge in [-0.05, 0) is 36.8 Å². The van der Waals surface area contributed by atoms with Crippen LogP contribution in [0.5, 0.6) is 0 Å². The smallest absolute Gasteiger partial charge is 0.256 e. The van der Waals surface area contributed by atoms with Crippen LogP contribution < -0.4 is 5.32 Å². The molecule has 0 fully saturated rings. The van der Waals surface area contributed by atoms with Crippen LogP contribution in [0.3, 0.4) is 0 Å². The highest BCUT2D eigenvalue weighted by Crippen LogP contribution is 2.21. The first-order valence-corrected chi connectivity index (χ1v) is 6.42.